The Morgan fingerprint density at radius 1 is 0.697 bits per heavy atom. The largest absolute Gasteiger partial charge is 0.460 e. The molecule has 6 aliphatic rings. The summed E-state index contributed by atoms with van der Waals surface area (Å²) in [4.78, 5) is 0. The average molecular weight is 493 g/mol. The van der Waals surface area contributed by atoms with E-state index in [0.29, 0.717) is 36.6 Å². The van der Waals surface area contributed by atoms with Crippen LogP contribution in [0.3, 0.4) is 0 Å². The van der Waals surface area contributed by atoms with E-state index in [0.717, 1.165) is 23.3 Å². The van der Waals surface area contributed by atoms with Gasteiger partial charge in [0.2, 0.25) is 0 Å². The molecule has 0 aromatic carbocycles. The number of rotatable bonds is 12. The monoisotopic (exact) mass is 492 g/mol. The third kappa shape index (κ3) is 5.82. The molecule has 0 N–H and O–H groups in total. The Balaban J connectivity index is 1.07. The summed E-state index contributed by atoms with van der Waals surface area (Å²) in [5.41, 5.74) is 0.856. The fourth-order valence-electron chi connectivity index (χ4n) is 8.09. The smallest absolute Gasteiger partial charge is 0.179 e. The van der Waals surface area contributed by atoms with E-state index in [-0.39, 0.29) is 9.76 Å². The Hall–Kier alpha value is 0.274. The number of fused-ring (bicyclic) bond motifs is 3. The fraction of sp³-hybridized carbons (Fsp3) is 1.00. The Bertz CT molecular complexity index is 647. The van der Waals surface area contributed by atoms with Crippen molar-refractivity contribution < 1.29 is 18.3 Å². The van der Waals surface area contributed by atoms with Gasteiger partial charge in [-0.25, -0.2) is 0 Å². The molecule has 3 aliphatic carbocycles. The molecule has 10 unspecified atom stereocenters. The molecule has 3 saturated carbocycles. The highest BCUT2D eigenvalue weighted by atomic mass is 28.4. The Kier molecular flexibility index (Phi) is 7.15. The molecule has 0 amide bonds. The van der Waals surface area contributed by atoms with Crippen LogP contribution in [0.15, 0.2) is 0 Å². The predicted molar refractivity (Wildman–Crippen MR) is 137 cm³/mol. The molecule has 3 heterocycles. The standard InChI is InChI=1S/C27H48O4Si2/c1-32-31-33(2,14-13-20-7-12-24-27(17-20)30-24)21(8-3-18-5-10-22-25(15-18)28-22)9-4-19-6-11-23-26(16-19)29-23/h18-27H,3-17,32H2,1-2H3. The second-order valence-electron chi connectivity index (χ2n) is 12.8. The second-order valence-corrected chi connectivity index (χ2v) is 18.5. The lowest BCUT2D eigenvalue weighted by molar-refractivity contribution is 0.318. The van der Waals surface area contributed by atoms with Crippen molar-refractivity contribution in [3.05, 3.63) is 0 Å². The highest BCUT2D eigenvalue weighted by Crippen LogP contribution is 2.47. The molecule has 0 radical (unpaired) electrons. The highest BCUT2D eigenvalue weighted by molar-refractivity contribution is 6.77. The van der Waals surface area contributed by atoms with Crippen LogP contribution < -0.4 is 0 Å². The van der Waals surface area contributed by atoms with Crippen LogP contribution in [0.4, 0.5) is 0 Å². The molecule has 0 bridgehead atoms. The Morgan fingerprint density at radius 2 is 1.15 bits per heavy atom. The number of ether oxygens (including phenoxy) is 3. The molecule has 4 nitrogen and oxygen atoms in total. The quantitative estimate of drug-likeness (QED) is 0.258. The molecule has 3 saturated heterocycles. The van der Waals surface area contributed by atoms with Gasteiger partial charge in [0.05, 0.1) is 36.6 Å². The summed E-state index contributed by atoms with van der Waals surface area (Å²) in [7, 11) is -2.07. The van der Waals surface area contributed by atoms with Gasteiger partial charge in [0.15, 0.2) is 8.32 Å². The molecule has 6 fully saturated rings. The van der Waals surface area contributed by atoms with Crippen molar-refractivity contribution in [3.63, 3.8) is 0 Å². The zero-order valence-corrected chi connectivity index (χ0v) is 23.6. The van der Waals surface area contributed by atoms with Crippen LogP contribution in [0, 0.1) is 17.8 Å². The van der Waals surface area contributed by atoms with Crippen LogP contribution in [0.2, 0.25) is 24.7 Å². The van der Waals surface area contributed by atoms with Gasteiger partial charge in [-0.3, -0.25) is 0 Å². The molecule has 0 aromatic heterocycles. The van der Waals surface area contributed by atoms with E-state index in [1.54, 1.807) is 0 Å². The molecular formula is C27H48O4Si2. The minimum absolute atomic E-state index is 0.370. The minimum atomic E-state index is -1.70. The van der Waals surface area contributed by atoms with E-state index < -0.39 is 8.32 Å². The summed E-state index contributed by atoms with van der Waals surface area (Å²) in [6.07, 6.45) is 23.1. The lowest BCUT2D eigenvalue weighted by Gasteiger charge is -2.39. The van der Waals surface area contributed by atoms with Crippen molar-refractivity contribution in [3.8, 4) is 0 Å². The molecule has 188 valence electrons. The van der Waals surface area contributed by atoms with Gasteiger partial charge in [0, 0.05) is 0 Å². The van der Waals surface area contributed by atoms with E-state index in [4.69, 9.17) is 18.3 Å². The van der Waals surface area contributed by atoms with E-state index in [2.05, 4.69) is 13.1 Å². The summed E-state index contributed by atoms with van der Waals surface area (Å²) in [6.45, 7) is 5.03. The Labute approximate surface area is 205 Å². The maximum atomic E-state index is 6.96. The molecular weight excluding hydrogens is 444 g/mol. The molecule has 6 rings (SSSR count). The van der Waals surface area contributed by atoms with Gasteiger partial charge >= 0.3 is 0 Å². The normalized spacial score (nSPS) is 46.2. The van der Waals surface area contributed by atoms with E-state index in [1.807, 2.05) is 0 Å². The number of hydrogen-bond donors (Lipinski definition) is 0. The van der Waals surface area contributed by atoms with Gasteiger partial charge in [-0.15, -0.1) is 0 Å². The zero-order chi connectivity index (χ0) is 22.4. The maximum absolute atomic E-state index is 6.96. The molecule has 0 spiro atoms. The molecule has 3 aliphatic heterocycles. The van der Waals surface area contributed by atoms with Crippen LogP contribution in [-0.4, -0.2) is 54.7 Å². The summed E-state index contributed by atoms with van der Waals surface area (Å²) in [6, 6.07) is 1.40. The van der Waals surface area contributed by atoms with Crippen LogP contribution >= 0.6 is 0 Å². The first-order valence-electron chi connectivity index (χ1n) is 14.7. The lowest BCUT2D eigenvalue weighted by Crippen LogP contribution is -2.42. The van der Waals surface area contributed by atoms with Crippen LogP contribution in [0.5, 0.6) is 0 Å². The molecule has 10 atom stereocenters. The fourth-order valence-corrected chi connectivity index (χ4v) is 15.2. The van der Waals surface area contributed by atoms with Crippen LogP contribution in [0.25, 0.3) is 0 Å². The maximum Gasteiger partial charge on any atom is 0.179 e. The van der Waals surface area contributed by atoms with Crippen molar-refractivity contribution in [1.82, 2.24) is 0 Å². The first-order valence-corrected chi connectivity index (χ1v) is 19.4. The van der Waals surface area contributed by atoms with E-state index in [1.165, 1.54) is 95.9 Å². The second kappa shape index (κ2) is 9.97. The average Bonchev–Trinajstić information content (AvgIpc) is 3.70. The predicted octanol–water partition coefficient (Wildman–Crippen LogP) is 5.73. The third-order valence-electron chi connectivity index (χ3n) is 10.6. The first kappa shape index (κ1) is 23.7. The van der Waals surface area contributed by atoms with E-state index in [9.17, 15) is 0 Å². The molecule has 0 aromatic rings. The van der Waals surface area contributed by atoms with Gasteiger partial charge in [0.1, 0.15) is 9.76 Å². The summed E-state index contributed by atoms with van der Waals surface area (Å²) in [5.74, 6) is 2.71. The van der Waals surface area contributed by atoms with Gasteiger partial charge in [-0.05, 0) is 93.7 Å². The van der Waals surface area contributed by atoms with Gasteiger partial charge < -0.3 is 18.3 Å². The Morgan fingerprint density at radius 3 is 1.58 bits per heavy atom. The zero-order valence-electron chi connectivity index (χ0n) is 21.2. The SMILES string of the molecule is C[SiH2]O[Si](C)(CCC1CCC2OC2C1)C(CCC1CCC2OC2C1)CCC1CCC2OC2C1. The lowest BCUT2D eigenvalue weighted by atomic mass is 9.83. The van der Waals surface area contributed by atoms with Gasteiger partial charge in [0.25, 0.3) is 0 Å². The highest BCUT2D eigenvalue weighted by Gasteiger charge is 2.47. The van der Waals surface area contributed by atoms with Crippen molar-refractivity contribution in [2.75, 3.05) is 0 Å². The third-order valence-corrected chi connectivity index (χ3v) is 18.0. The molecule has 6 heteroatoms. The minimum Gasteiger partial charge on any atom is -0.460 e. The van der Waals surface area contributed by atoms with Crippen LogP contribution in [-0.2, 0) is 18.3 Å². The van der Waals surface area contributed by atoms with Gasteiger partial charge in [-0.2, -0.15) is 0 Å². The van der Waals surface area contributed by atoms with Crippen molar-refractivity contribution in [1.29, 1.82) is 0 Å². The van der Waals surface area contributed by atoms with Gasteiger partial charge in [-0.1, -0.05) is 38.7 Å². The van der Waals surface area contributed by atoms with Crippen molar-refractivity contribution >= 4 is 18.1 Å². The number of epoxide rings is 3. The van der Waals surface area contributed by atoms with Crippen molar-refractivity contribution in [2.24, 2.45) is 17.8 Å². The van der Waals surface area contributed by atoms with E-state index >= 15 is 0 Å². The molecule has 33 heavy (non-hydrogen) atoms. The summed E-state index contributed by atoms with van der Waals surface area (Å²) < 4.78 is 24.5. The number of hydrogen-bond acceptors (Lipinski definition) is 4. The topological polar surface area (TPSA) is 46.8 Å². The summed E-state index contributed by atoms with van der Waals surface area (Å²) in [5, 5.41) is 0. The van der Waals surface area contributed by atoms with Crippen molar-refractivity contribution in [2.45, 2.75) is 151 Å². The first-order chi connectivity index (χ1) is 16.1. The summed E-state index contributed by atoms with van der Waals surface area (Å²) >= 11 is 0. The van der Waals surface area contributed by atoms with Crippen LogP contribution in [0.1, 0.15) is 89.9 Å².